The number of hydrogen-bond acceptors (Lipinski definition) is 7. The van der Waals surface area contributed by atoms with Crippen LogP contribution in [0.1, 0.15) is 0 Å². The number of nitro benzene ring substituents is 2. The minimum absolute atomic E-state index is 0.242. The number of nitro groups is 2. The Hall–Kier alpha value is -3.36. The van der Waals surface area contributed by atoms with Gasteiger partial charge in [-0.2, -0.15) is 0 Å². The molecule has 9 nitrogen and oxygen atoms in total. The van der Waals surface area contributed by atoms with Crippen molar-refractivity contribution in [1.82, 2.24) is 0 Å². The van der Waals surface area contributed by atoms with Crippen molar-refractivity contribution in [1.29, 1.82) is 0 Å². The van der Waals surface area contributed by atoms with Crippen molar-refractivity contribution in [3.8, 4) is 5.75 Å². The van der Waals surface area contributed by atoms with Crippen LogP contribution in [0.2, 0.25) is 0 Å². The Labute approximate surface area is 149 Å². The SMILES string of the molecule is COc1cccc(N2CCN(c3ccc([N+](=O)[O-])cc3[N+](=O)[O-])CC2)c1. The summed E-state index contributed by atoms with van der Waals surface area (Å²) >= 11 is 0. The number of ether oxygens (including phenoxy) is 1. The molecule has 0 aromatic heterocycles. The van der Waals surface area contributed by atoms with Gasteiger partial charge in [0.25, 0.3) is 11.4 Å². The van der Waals surface area contributed by atoms with Crippen molar-refractivity contribution in [3.63, 3.8) is 0 Å². The fourth-order valence-corrected chi connectivity index (χ4v) is 3.05. The molecule has 0 aliphatic carbocycles. The Bertz CT molecular complexity index is 834. The Morgan fingerprint density at radius 1 is 0.923 bits per heavy atom. The molecule has 1 aliphatic rings. The highest BCUT2D eigenvalue weighted by Gasteiger charge is 2.26. The van der Waals surface area contributed by atoms with Crippen molar-refractivity contribution in [2.24, 2.45) is 0 Å². The molecule has 1 aliphatic heterocycles. The van der Waals surface area contributed by atoms with Crippen LogP contribution in [0.15, 0.2) is 42.5 Å². The van der Waals surface area contributed by atoms with Crippen LogP contribution in [0.5, 0.6) is 5.75 Å². The summed E-state index contributed by atoms with van der Waals surface area (Å²) in [6.07, 6.45) is 0. The van der Waals surface area contributed by atoms with Gasteiger partial charge in [0.15, 0.2) is 0 Å². The van der Waals surface area contributed by atoms with E-state index in [4.69, 9.17) is 4.74 Å². The third-order valence-electron chi connectivity index (χ3n) is 4.41. The van der Waals surface area contributed by atoms with Gasteiger partial charge in [-0.15, -0.1) is 0 Å². The number of hydrogen-bond donors (Lipinski definition) is 0. The molecular formula is C17H18N4O5. The van der Waals surface area contributed by atoms with Gasteiger partial charge >= 0.3 is 0 Å². The van der Waals surface area contributed by atoms with E-state index in [1.807, 2.05) is 29.2 Å². The van der Waals surface area contributed by atoms with Gasteiger partial charge in [-0.3, -0.25) is 20.2 Å². The van der Waals surface area contributed by atoms with E-state index >= 15 is 0 Å². The molecule has 9 heteroatoms. The number of nitrogens with zero attached hydrogens (tertiary/aromatic N) is 4. The van der Waals surface area contributed by atoms with Crippen molar-refractivity contribution in [3.05, 3.63) is 62.7 Å². The second-order valence-corrected chi connectivity index (χ2v) is 5.86. The molecule has 3 rings (SSSR count). The van der Waals surface area contributed by atoms with Gasteiger partial charge in [0, 0.05) is 44.0 Å². The van der Waals surface area contributed by atoms with Crippen LogP contribution in [0.4, 0.5) is 22.7 Å². The number of piperazine rings is 1. The van der Waals surface area contributed by atoms with Gasteiger partial charge in [-0.05, 0) is 18.2 Å². The Morgan fingerprint density at radius 2 is 1.62 bits per heavy atom. The fourth-order valence-electron chi connectivity index (χ4n) is 3.05. The topological polar surface area (TPSA) is 102 Å². The Kier molecular flexibility index (Phi) is 4.87. The van der Waals surface area contributed by atoms with Gasteiger partial charge in [0.1, 0.15) is 11.4 Å². The summed E-state index contributed by atoms with van der Waals surface area (Å²) in [4.78, 5) is 25.1. The lowest BCUT2D eigenvalue weighted by Crippen LogP contribution is -2.46. The van der Waals surface area contributed by atoms with Crippen LogP contribution in [-0.4, -0.2) is 43.1 Å². The van der Waals surface area contributed by atoms with Crippen molar-refractivity contribution < 1.29 is 14.6 Å². The number of methoxy groups -OCH3 is 1. The molecule has 0 radical (unpaired) electrons. The van der Waals surface area contributed by atoms with E-state index in [0.717, 1.165) is 17.5 Å². The zero-order valence-corrected chi connectivity index (χ0v) is 14.2. The normalized spacial score (nSPS) is 14.2. The summed E-state index contributed by atoms with van der Waals surface area (Å²) in [5.41, 5.74) is 0.914. The van der Waals surface area contributed by atoms with Gasteiger partial charge in [-0.1, -0.05) is 6.07 Å². The molecule has 0 amide bonds. The first kappa shape index (κ1) is 17.5. The van der Waals surface area contributed by atoms with Crippen LogP contribution in [0.25, 0.3) is 0 Å². The predicted octanol–water partition coefficient (Wildman–Crippen LogP) is 2.84. The second-order valence-electron chi connectivity index (χ2n) is 5.86. The molecule has 2 aromatic carbocycles. The van der Waals surface area contributed by atoms with E-state index < -0.39 is 9.85 Å². The first-order chi connectivity index (χ1) is 12.5. The summed E-state index contributed by atoms with van der Waals surface area (Å²) < 4.78 is 5.24. The lowest BCUT2D eigenvalue weighted by molar-refractivity contribution is -0.393. The highest BCUT2D eigenvalue weighted by atomic mass is 16.6. The van der Waals surface area contributed by atoms with Gasteiger partial charge in [0.2, 0.25) is 0 Å². The first-order valence-corrected chi connectivity index (χ1v) is 8.06. The maximum atomic E-state index is 11.3. The largest absolute Gasteiger partial charge is 0.497 e. The maximum Gasteiger partial charge on any atom is 0.299 e. The van der Waals surface area contributed by atoms with Crippen molar-refractivity contribution in [2.75, 3.05) is 43.1 Å². The van der Waals surface area contributed by atoms with Gasteiger partial charge in [-0.25, -0.2) is 0 Å². The highest BCUT2D eigenvalue weighted by Crippen LogP contribution is 2.33. The zero-order valence-electron chi connectivity index (χ0n) is 14.2. The smallest absolute Gasteiger partial charge is 0.299 e. The molecule has 1 fully saturated rings. The van der Waals surface area contributed by atoms with Crippen LogP contribution >= 0.6 is 0 Å². The minimum Gasteiger partial charge on any atom is -0.497 e. The molecule has 0 spiro atoms. The van der Waals surface area contributed by atoms with Crippen molar-refractivity contribution >= 4 is 22.7 Å². The third kappa shape index (κ3) is 3.51. The van der Waals surface area contributed by atoms with E-state index in [2.05, 4.69) is 4.90 Å². The minimum atomic E-state index is -0.627. The standard InChI is InChI=1S/C17H18N4O5/c1-26-15-4-2-3-13(11-15)18-7-9-19(10-8-18)16-6-5-14(20(22)23)12-17(16)21(24)25/h2-6,11-12H,7-10H2,1H3. The fraction of sp³-hybridized carbons (Fsp3) is 0.294. The molecule has 0 atom stereocenters. The lowest BCUT2D eigenvalue weighted by Gasteiger charge is -2.37. The van der Waals surface area contributed by atoms with Crippen LogP contribution in [0.3, 0.4) is 0 Å². The number of non-ortho nitro benzene ring substituents is 1. The van der Waals surface area contributed by atoms with E-state index in [-0.39, 0.29) is 11.4 Å². The average Bonchev–Trinajstić information content (AvgIpc) is 2.67. The maximum absolute atomic E-state index is 11.3. The molecule has 136 valence electrons. The molecule has 1 heterocycles. The summed E-state index contributed by atoms with van der Waals surface area (Å²) in [6.45, 7) is 2.52. The monoisotopic (exact) mass is 358 g/mol. The molecule has 2 aromatic rings. The summed E-state index contributed by atoms with van der Waals surface area (Å²) in [5, 5.41) is 22.2. The summed E-state index contributed by atoms with van der Waals surface area (Å²) in [6, 6.07) is 11.5. The molecule has 0 unspecified atom stereocenters. The highest BCUT2D eigenvalue weighted by molar-refractivity contribution is 5.67. The Balaban J connectivity index is 1.77. The third-order valence-corrected chi connectivity index (χ3v) is 4.41. The number of rotatable bonds is 5. The molecule has 0 saturated carbocycles. The van der Waals surface area contributed by atoms with Gasteiger partial charge < -0.3 is 14.5 Å². The molecule has 0 bridgehead atoms. The van der Waals surface area contributed by atoms with E-state index in [1.165, 1.54) is 12.1 Å². The summed E-state index contributed by atoms with van der Waals surface area (Å²) in [5.74, 6) is 0.774. The summed E-state index contributed by atoms with van der Waals surface area (Å²) in [7, 11) is 1.62. The number of benzene rings is 2. The Morgan fingerprint density at radius 3 is 2.23 bits per heavy atom. The average molecular weight is 358 g/mol. The quantitative estimate of drug-likeness (QED) is 0.598. The van der Waals surface area contributed by atoms with Crippen LogP contribution < -0.4 is 14.5 Å². The lowest BCUT2D eigenvalue weighted by atomic mass is 10.2. The molecular weight excluding hydrogens is 340 g/mol. The predicted molar refractivity (Wildman–Crippen MR) is 97.2 cm³/mol. The number of anilines is 2. The molecule has 26 heavy (non-hydrogen) atoms. The van der Waals surface area contributed by atoms with E-state index in [9.17, 15) is 20.2 Å². The van der Waals surface area contributed by atoms with Crippen molar-refractivity contribution in [2.45, 2.75) is 0 Å². The van der Waals surface area contributed by atoms with E-state index in [0.29, 0.717) is 31.9 Å². The van der Waals surface area contributed by atoms with Crippen LogP contribution in [0, 0.1) is 20.2 Å². The van der Waals surface area contributed by atoms with Crippen LogP contribution in [-0.2, 0) is 0 Å². The van der Waals surface area contributed by atoms with Gasteiger partial charge in [0.05, 0.1) is 23.0 Å². The second kappa shape index (κ2) is 7.26. The first-order valence-electron chi connectivity index (χ1n) is 8.06. The molecule has 0 N–H and O–H groups in total. The molecule has 1 saturated heterocycles. The van der Waals surface area contributed by atoms with E-state index in [1.54, 1.807) is 7.11 Å². The zero-order chi connectivity index (χ0) is 18.7.